The lowest BCUT2D eigenvalue weighted by atomic mass is 9.86. The Morgan fingerprint density at radius 2 is 1.74 bits per heavy atom. The van der Waals surface area contributed by atoms with Crippen LogP contribution in [0.2, 0.25) is 10.0 Å². The molecule has 2 aromatic rings. The molecule has 0 heterocycles. The first kappa shape index (κ1) is 21.7. The van der Waals surface area contributed by atoms with E-state index < -0.39 is 10.8 Å². The van der Waals surface area contributed by atoms with Gasteiger partial charge in [-0.15, -0.1) is 0 Å². The number of amides is 1. The topological polar surface area (TPSA) is 66.4 Å². The number of phenolic OH excluding ortho intramolecular Hbond substituents is 1. The monoisotopic (exact) mass is 427 g/mol. The summed E-state index contributed by atoms with van der Waals surface area (Å²) in [5.41, 5.74) is 0.833. The maximum Gasteiger partial charge on any atom is 0.224 e. The number of benzene rings is 2. The molecule has 0 aromatic heterocycles. The largest absolute Gasteiger partial charge is 0.508 e. The highest BCUT2D eigenvalue weighted by molar-refractivity contribution is 7.85. The lowest BCUT2D eigenvalue weighted by Gasteiger charge is -2.21. The number of anilines is 1. The van der Waals surface area contributed by atoms with Gasteiger partial charge < -0.3 is 10.4 Å². The van der Waals surface area contributed by atoms with E-state index in [1.807, 2.05) is 27.7 Å². The summed E-state index contributed by atoms with van der Waals surface area (Å²) in [5, 5.41) is 13.2. The number of hydrogen-bond acceptors (Lipinski definition) is 3. The van der Waals surface area contributed by atoms with Crippen molar-refractivity contribution in [2.45, 2.75) is 55.7 Å². The molecule has 2 aromatic carbocycles. The first-order valence-electron chi connectivity index (χ1n) is 8.58. The normalized spacial score (nSPS) is 12.7. The third-order valence-electron chi connectivity index (χ3n) is 3.93. The van der Waals surface area contributed by atoms with Crippen molar-refractivity contribution in [3.8, 4) is 5.75 Å². The van der Waals surface area contributed by atoms with Gasteiger partial charge >= 0.3 is 0 Å². The molecule has 1 unspecified atom stereocenters. The Morgan fingerprint density at radius 3 is 2.26 bits per heavy atom. The van der Waals surface area contributed by atoms with Crippen molar-refractivity contribution in [2.75, 3.05) is 5.32 Å². The average molecular weight is 428 g/mol. The molecule has 1 atom stereocenters. The van der Waals surface area contributed by atoms with Crippen molar-refractivity contribution in [1.29, 1.82) is 0 Å². The quantitative estimate of drug-likeness (QED) is 0.623. The van der Waals surface area contributed by atoms with Gasteiger partial charge in [-0.1, -0.05) is 50.9 Å². The molecule has 4 nitrogen and oxygen atoms in total. The van der Waals surface area contributed by atoms with Gasteiger partial charge in [-0.2, -0.15) is 0 Å². The van der Waals surface area contributed by atoms with E-state index in [4.69, 9.17) is 23.2 Å². The molecule has 1 amide bonds. The molecule has 0 fully saturated rings. The maximum absolute atomic E-state index is 13.1. The van der Waals surface area contributed by atoms with Crippen LogP contribution in [0.5, 0.6) is 5.75 Å². The second kappa shape index (κ2) is 8.63. The van der Waals surface area contributed by atoms with Gasteiger partial charge in [0, 0.05) is 22.6 Å². The fraction of sp³-hybridized carbons (Fsp3) is 0.350. The number of halogens is 2. The highest BCUT2D eigenvalue weighted by Crippen LogP contribution is 2.37. The van der Waals surface area contributed by atoms with Gasteiger partial charge in [0.15, 0.2) is 0 Å². The highest BCUT2D eigenvalue weighted by atomic mass is 35.5. The lowest BCUT2D eigenvalue weighted by Crippen LogP contribution is -2.12. The summed E-state index contributed by atoms with van der Waals surface area (Å²) in [4.78, 5) is 12.5. The summed E-state index contributed by atoms with van der Waals surface area (Å²) in [6.07, 6.45) is 1.12. The van der Waals surface area contributed by atoms with Crippen molar-refractivity contribution in [3.05, 3.63) is 45.9 Å². The van der Waals surface area contributed by atoms with Gasteiger partial charge in [0.05, 0.1) is 25.7 Å². The Kier molecular flexibility index (Phi) is 6.95. The Bertz CT molecular complexity index is 868. The molecule has 146 valence electrons. The van der Waals surface area contributed by atoms with Crippen molar-refractivity contribution in [3.63, 3.8) is 0 Å². The number of aromatic hydroxyl groups is 1. The minimum atomic E-state index is -1.64. The Labute approximate surface area is 172 Å². The number of carbonyl (C=O) groups excluding carboxylic acids is 1. The van der Waals surface area contributed by atoms with E-state index in [1.54, 1.807) is 24.3 Å². The van der Waals surface area contributed by atoms with Crippen LogP contribution < -0.4 is 5.32 Å². The predicted octanol–water partition coefficient (Wildman–Crippen LogP) is 5.90. The molecule has 2 N–H and O–H groups in total. The molecular weight excluding hydrogens is 405 g/mol. The molecule has 0 bridgehead atoms. The highest BCUT2D eigenvalue weighted by Gasteiger charge is 2.22. The van der Waals surface area contributed by atoms with E-state index in [2.05, 4.69) is 5.32 Å². The van der Waals surface area contributed by atoms with E-state index in [1.165, 1.54) is 6.07 Å². The standard InChI is InChI=1S/C20H23Cl2NO3S/c1-5-6-18(25)23-12-9-15(21)19(16(22)10-12)27(26)13-7-8-17(24)14(11-13)20(2,3)4/h7-11,24H,5-6H2,1-4H3,(H,23,25). The zero-order chi connectivity index (χ0) is 20.4. The second-order valence-electron chi connectivity index (χ2n) is 7.26. The summed E-state index contributed by atoms with van der Waals surface area (Å²) < 4.78 is 13.1. The van der Waals surface area contributed by atoms with Crippen LogP contribution in [0.15, 0.2) is 40.1 Å². The van der Waals surface area contributed by atoms with Crippen molar-refractivity contribution in [2.24, 2.45) is 0 Å². The van der Waals surface area contributed by atoms with Gasteiger partial charge in [0.25, 0.3) is 0 Å². The average Bonchev–Trinajstić information content (AvgIpc) is 2.53. The zero-order valence-electron chi connectivity index (χ0n) is 15.7. The fourth-order valence-electron chi connectivity index (χ4n) is 2.61. The molecule has 2 rings (SSSR count). The van der Waals surface area contributed by atoms with Crippen molar-refractivity contribution in [1.82, 2.24) is 0 Å². The number of carbonyl (C=O) groups is 1. The summed E-state index contributed by atoms with van der Waals surface area (Å²) in [6.45, 7) is 7.79. The smallest absolute Gasteiger partial charge is 0.224 e. The van der Waals surface area contributed by atoms with Crippen LogP contribution in [0.3, 0.4) is 0 Å². The molecule has 0 radical (unpaired) electrons. The Balaban J connectivity index is 2.41. The van der Waals surface area contributed by atoms with Crippen LogP contribution in [0.1, 0.15) is 46.1 Å². The SMILES string of the molecule is CCCC(=O)Nc1cc(Cl)c(S(=O)c2ccc(O)c(C(C)(C)C)c2)c(Cl)c1. The fourth-order valence-corrected chi connectivity index (χ4v) is 4.64. The minimum absolute atomic E-state index is 0.133. The lowest BCUT2D eigenvalue weighted by molar-refractivity contribution is -0.116. The predicted molar refractivity (Wildman–Crippen MR) is 111 cm³/mol. The molecule has 0 saturated heterocycles. The first-order chi connectivity index (χ1) is 12.5. The van der Waals surface area contributed by atoms with Crippen LogP contribution >= 0.6 is 23.2 Å². The third kappa shape index (κ3) is 5.24. The molecule has 7 heteroatoms. The van der Waals surface area contributed by atoms with Crippen molar-refractivity contribution >= 4 is 45.6 Å². The Hall–Kier alpha value is -1.56. The van der Waals surface area contributed by atoms with Crippen LogP contribution in [-0.4, -0.2) is 15.2 Å². The third-order valence-corrected chi connectivity index (χ3v) is 6.25. The van der Waals surface area contributed by atoms with Crippen LogP contribution in [0.4, 0.5) is 5.69 Å². The van der Waals surface area contributed by atoms with E-state index in [9.17, 15) is 14.1 Å². The number of rotatable bonds is 5. The summed E-state index contributed by atoms with van der Waals surface area (Å²) in [6, 6.07) is 7.90. The van der Waals surface area contributed by atoms with Gasteiger partial charge in [0.2, 0.25) is 5.91 Å². The zero-order valence-corrected chi connectivity index (χ0v) is 18.1. The number of phenols is 1. The molecule has 0 aliphatic rings. The summed E-state index contributed by atoms with van der Waals surface area (Å²) >= 11 is 12.6. The van der Waals surface area contributed by atoms with Gasteiger partial charge in [-0.3, -0.25) is 4.79 Å². The number of nitrogens with one attached hydrogen (secondary N) is 1. The van der Waals surface area contributed by atoms with E-state index in [0.29, 0.717) is 22.6 Å². The molecule has 27 heavy (non-hydrogen) atoms. The Morgan fingerprint density at radius 1 is 1.15 bits per heavy atom. The van der Waals surface area contributed by atoms with Gasteiger partial charge in [-0.25, -0.2) is 4.21 Å². The van der Waals surface area contributed by atoms with Crippen LogP contribution in [0, 0.1) is 0 Å². The molecule has 0 saturated carbocycles. The van der Waals surface area contributed by atoms with E-state index >= 15 is 0 Å². The van der Waals surface area contributed by atoms with E-state index in [-0.39, 0.29) is 32.0 Å². The van der Waals surface area contributed by atoms with Crippen LogP contribution in [0.25, 0.3) is 0 Å². The van der Waals surface area contributed by atoms with Crippen LogP contribution in [-0.2, 0) is 21.0 Å². The molecular formula is C20H23Cl2NO3S. The molecule has 0 spiro atoms. The second-order valence-corrected chi connectivity index (χ2v) is 9.50. The maximum atomic E-state index is 13.1. The first-order valence-corrected chi connectivity index (χ1v) is 10.5. The summed E-state index contributed by atoms with van der Waals surface area (Å²) in [5.74, 6) is 0.0151. The molecule has 0 aliphatic heterocycles. The van der Waals surface area contributed by atoms with E-state index in [0.717, 1.165) is 6.42 Å². The van der Waals surface area contributed by atoms with Gasteiger partial charge in [0.1, 0.15) is 5.75 Å². The summed E-state index contributed by atoms with van der Waals surface area (Å²) in [7, 11) is -1.64. The molecule has 0 aliphatic carbocycles. The van der Waals surface area contributed by atoms with Gasteiger partial charge in [-0.05, 0) is 42.2 Å². The minimum Gasteiger partial charge on any atom is -0.508 e. The number of hydrogen-bond donors (Lipinski definition) is 2. The van der Waals surface area contributed by atoms with Crippen molar-refractivity contribution < 1.29 is 14.1 Å².